The molecule has 198 valence electrons. The van der Waals surface area contributed by atoms with Gasteiger partial charge in [-0.05, 0) is 54.0 Å². The van der Waals surface area contributed by atoms with Crippen molar-refractivity contribution in [3.8, 4) is 11.8 Å². The van der Waals surface area contributed by atoms with E-state index in [0.29, 0.717) is 22.5 Å². The number of benzene rings is 2. The van der Waals surface area contributed by atoms with Crippen molar-refractivity contribution < 1.29 is 58.9 Å². The number of aliphatic hydroxyl groups is 2. The third-order valence-corrected chi connectivity index (χ3v) is 5.72. The number of nitrogens with zero attached hydrogens (tertiary/aromatic N) is 3. The molecule has 0 aliphatic rings. The van der Waals surface area contributed by atoms with Crippen molar-refractivity contribution in [3.05, 3.63) is 88.5 Å². The second-order valence-electron chi connectivity index (χ2n) is 9.08. The largest absolute Gasteiger partial charge is 1.00 e. The molecule has 2 aromatic carbocycles. The summed E-state index contributed by atoms with van der Waals surface area (Å²) in [7, 11) is 0. The van der Waals surface area contributed by atoms with Crippen molar-refractivity contribution in [2.45, 2.75) is 51.4 Å². The van der Waals surface area contributed by atoms with E-state index in [0.717, 1.165) is 5.56 Å². The first-order chi connectivity index (χ1) is 18.1. The fourth-order valence-corrected chi connectivity index (χ4v) is 3.97. The second kappa shape index (κ2) is 14.7. The number of carboxylic acid groups (broad SMARTS) is 1. The van der Waals surface area contributed by atoms with Gasteiger partial charge in [-0.15, -0.1) is 0 Å². The van der Waals surface area contributed by atoms with Crippen molar-refractivity contribution in [1.82, 2.24) is 15.1 Å². The minimum absolute atomic E-state index is 0. The first kappa shape index (κ1) is 31.9. The Balaban J connectivity index is 0.00000533. The topological polar surface area (TPSA) is 151 Å². The summed E-state index contributed by atoms with van der Waals surface area (Å²) >= 11 is 0. The molecule has 0 aliphatic carbocycles. The fraction of sp³-hybridized carbons (Fsp3) is 0.286. The number of hydrogen-bond acceptors (Lipinski definition) is 7. The van der Waals surface area contributed by atoms with Gasteiger partial charge in [-0.1, -0.05) is 32.1 Å². The van der Waals surface area contributed by atoms with Gasteiger partial charge in [0.15, 0.2) is 5.69 Å². The van der Waals surface area contributed by atoms with E-state index < -0.39 is 36.3 Å². The van der Waals surface area contributed by atoms with Gasteiger partial charge in [-0.3, -0.25) is 4.79 Å². The Morgan fingerprint density at radius 2 is 1.90 bits per heavy atom. The Morgan fingerprint density at radius 1 is 1.21 bits per heavy atom. The molecule has 9 nitrogen and oxygen atoms in total. The molecule has 3 N–H and O–H groups in total. The maximum Gasteiger partial charge on any atom is 1.00 e. The summed E-state index contributed by atoms with van der Waals surface area (Å²) in [5.74, 6) is -2.53. The predicted molar refractivity (Wildman–Crippen MR) is 135 cm³/mol. The summed E-state index contributed by atoms with van der Waals surface area (Å²) in [5.41, 5.74) is 2.83. The number of carbonyl (C=O) groups is 2. The molecular formula is C28H28FN4NaO5. The van der Waals surface area contributed by atoms with Crippen LogP contribution in [0.3, 0.4) is 0 Å². The molecule has 1 heterocycles. The van der Waals surface area contributed by atoms with Crippen LogP contribution < -0.4 is 40.0 Å². The van der Waals surface area contributed by atoms with E-state index in [1.54, 1.807) is 24.3 Å². The summed E-state index contributed by atoms with van der Waals surface area (Å²) in [5, 5.41) is 47.3. The van der Waals surface area contributed by atoms with Crippen LogP contribution in [0.15, 0.2) is 54.6 Å². The number of halogens is 1. The number of aliphatic carboxylic acids is 1. The number of amides is 1. The van der Waals surface area contributed by atoms with Crippen molar-refractivity contribution >= 4 is 18.0 Å². The van der Waals surface area contributed by atoms with Crippen LogP contribution in [0.25, 0.3) is 11.8 Å². The summed E-state index contributed by atoms with van der Waals surface area (Å²) in [4.78, 5) is 24.0. The van der Waals surface area contributed by atoms with Gasteiger partial charge < -0.3 is 25.4 Å². The number of aromatic nitrogens is 2. The average molecular weight is 543 g/mol. The molecule has 0 saturated heterocycles. The molecule has 3 aromatic rings. The number of hydrogen-bond donors (Lipinski definition) is 3. The van der Waals surface area contributed by atoms with Gasteiger partial charge in [-0.2, -0.15) is 10.4 Å². The minimum atomic E-state index is -1.43. The molecule has 39 heavy (non-hydrogen) atoms. The molecule has 0 spiro atoms. The van der Waals surface area contributed by atoms with Crippen LogP contribution in [0.1, 0.15) is 65.5 Å². The van der Waals surface area contributed by atoms with Gasteiger partial charge in [0.2, 0.25) is 0 Å². The zero-order chi connectivity index (χ0) is 27.8. The van der Waals surface area contributed by atoms with Crippen molar-refractivity contribution in [2.75, 3.05) is 0 Å². The van der Waals surface area contributed by atoms with Crippen LogP contribution in [-0.2, 0) is 11.3 Å². The van der Waals surface area contributed by atoms with E-state index >= 15 is 0 Å². The molecule has 0 unspecified atom stereocenters. The Morgan fingerprint density at radius 3 is 2.51 bits per heavy atom. The Hall–Kier alpha value is -3.33. The van der Waals surface area contributed by atoms with Crippen molar-refractivity contribution in [1.29, 1.82) is 5.26 Å². The zero-order valence-corrected chi connectivity index (χ0v) is 24.0. The predicted octanol–water partition coefficient (Wildman–Crippen LogP) is -0.794. The van der Waals surface area contributed by atoms with Gasteiger partial charge >= 0.3 is 29.6 Å². The third-order valence-electron chi connectivity index (χ3n) is 5.72. The summed E-state index contributed by atoms with van der Waals surface area (Å²) < 4.78 is 15.1. The molecule has 2 atom stereocenters. The Bertz CT molecular complexity index is 1370. The summed E-state index contributed by atoms with van der Waals surface area (Å²) in [6.07, 6.45) is -0.428. The number of nitrogens with one attached hydrogen (secondary N) is 1. The summed E-state index contributed by atoms with van der Waals surface area (Å²) in [6.45, 7) is 3.91. The fourth-order valence-electron chi connectivity index (χ4n) is 3.97. The van der Waals surface area contributed by atoms with Gasteiger partial charge in [0.1, 0.15) is 5.82 Å². The SMILES string of the molecule is CC(C)c1c(C(=O)NCc2cccc(C#N)c2)nn(-c2ccc(F)cc2)c1C=C[C@H](O)C[C@@H](O)CC(=O)[O-].[Na+]. The Labute approximate surface area is 247 Å². The first-order valence-corrected chi connectivity index (χ1v) is 12.0. The van der Waals surface area contributed by atoms with Gasteiger partial charge in [0.25, 0.3) is 5.91 Å². The van der Waals surface area contributed by atoms with Gasteiger partial charge in [0, 0.05) is 30.9 Å². The van der Waals surface area contributed by atoms with E-state index in [9.17, 15) is 29.3 Å². The maximum atomic E-state index is 13.6. The molecule has 0 saturated carbocycles. The van der Waals surface area contributed by atoms with Crippen LogP contribution >= 0.6 is 0 Å². The van der Waals surface area contributed by atoms with Crippen molar-refractivity contribution in [3.63, 3.8) is 0 Å². The van der Waals surface area contributed by atoms with Gasteiger partial charge in [-0.25, -0.2) is 9.07 Å². The summed E-state index contributed by atoms with van der Waals surface area (Å²) in [6, 6.07) is 14.4. The molecule has 0 radical (unpaired) electrons. The minimum Gasteiger partial charge on any atom is -0.550 e. The quantitative estimate of drug-likeness (QED) is 0.269. The van der Waals surface area contributed by atoms with Crippen molar-refractivity contribution in [2.24, 2.45) is 0 Å². The molecule has 0 aliphatic heterocycles. The normalized spacial score (nSPS) is 12.5. The van der Waals surface area contributed by atoms with E-state index in [2.05, 4.69) is 16.5 Å². The number of carboxylic acids is 1. The third kappa shape index (κ3) is 8.85. The van der Waals surface area contributed by atoms with Crippen LogP contribution in [0.5, 0.6) is 0 Å². The van der Waals surface area contributed by atoms with E-state index in [4.69, 9.17) is 5.26 Å². The molecule has 0 fully saturated rings. The molecule has 3 rings (SSSR count). The smallest absolute Gasteiger partial charge is 0.550 e. The first-order valence-electron chi connectivity index (χ1n) is 12.0. The average Bonchev–Trinajstić information content (AvgIpc) is 3.26. The molecule has 11 heteroatoms. The van der Waals surface area contributed by atoms with E-state index in [-0.39, 0.29) is 54.1 Å². The number of nitriles is 1. The molecule has 1 amide bonds. The van der Waals surface area contributed by atoms with Crippen LogP contribution in [0.4, 0.5) is 4.39 Å². The molecule has 1 aromatic heterocycles. The number of aliphatic hydroxyl groups excluding tert-OH is 2. The monoisotopic (exact) mass is 542 g/mol. The Kier molecular flexibility index (Phi) is 12.0. The van der Waals surface area contributed by atoms with Crippen LogP contribution in [-0.4, -0.2) is 44.1 Å². The van der Waals surface area contributed by atoms with E-state index in [1.807, 2.05) is 13.8 Å². The number of rotatable bonds is 11. The van der Waals surface area contributed by atoms with Gasteiger partial charge in [0.05, 0.1) is 35.2 Å². The zero-order valence-electron chi connectivity index (χ0n) is 22.0. The van der Waals surface area contributed by atoms with E-state index in [1.165, 1.54) is 41.1 Å². The maximum absolute atomic E-state index is 13.6. The van der Waals surface area contributed by atoms with Crippen LogP contribution in [0.2, 0.25) is 0 Å². The van der Waals surface area contributed by atoms with Crippen LogP contribution in [0, 0.1) is 17.1 Å². The number of carbonyl (C=O) groups excluding carboxylic acids is 2. The standard InChI is InChI=1S/C28H29FN4O5.Na/c1-17(2)26-24(11-10-22(34)13-23(35)14-25(36)37)33(21-8-6-20(29)7-9-21)32-27(26)28(38)31-16-19-5-3-4-18(12-19)15-30;/h3-12,17,22-23,34-35H,13-14,16H2,1-2H3,(H,31,38)(H,36,37);/q;+1/p-1/t22-,23+;/m0./s1. The second-order valence-corrected chi connectivity index (χ2v) is 9.08. The molecule has 0 bridgehead atoms. The molecular weight excluding hydrogens is 514 g/mol.